The highest BCUT2D eigenvalue weighted by molar-refractivity contribution is 7.89. The number of guanidine groups is 1. The molecule has 0 heterocycles. The first-order valence-electron chi connectivity index (χ1n) is 8.11. The van der Waals surface area contributed by atoms with Crippen LogP contribution in [-0.4, -0.2) is 40.3 Å². The van der Waals surface area contributed by atoms with Crippen LogP contribution in [0.4, 0.5) is 5.69 Å². The molecule has 0 atom stereocenters. The Morgan fingerprint density at radius 3 is 2.79 bits per heavy atom. The Morgan fingerprint density at radius 1 is 1.38 bits per heavy atom. The van der Waals surface area contributed by atoms with Crippen LogP contribution in [0, 0.1) is 5.92 Å². The Labute approximate surface area is 143 Å². The van der Waals surface area contributed by atoms with Gasteiger partial charge in [0.15, 0.2) is 5.96 Å². The van der Waals surface area contributed by atoms with Gasteiger partial charge in [-0.1, -0.05) is 24.6 Å². The normalized spacial score (nSPS) is 16.0. The van der Waals surface area contributed by atoms with Gasteiger partial charge in [0.25, 0.3) is 0 Å². The first-order chi connectivity index (χ1) is 11.5. The second kappa shape index (κ2) is 9.00. The lowest BCUT2D eigenvalue weighted by Gasteiger charge is -2.25. The van der Waals surface area contributed by atoms with Gasteiger partial charge in [0, 0.05) is 24.9 Å². The topological polar surface area (TPSA) is 106 Å². The SMILES string of the molecule is COCc1ccccc1NC(N)=NCCS(=O)(=O)NCC1CCC1. The molecule has 134 valence electrons. The van der Waals surface area contributed by atoms with E-state index in [1.165, 1.54) is 6.42 Å². The molecular weight excluding hydrogens is 328 g/mol. The van der Waals surface area contributed by atoms with Gasteiger partial charge in [-0.3, -0.25) is 4.99 Å². The molecule has 7 nitrogen and oxygen atoms in total. The fraction of sp³-hybridized carbons (Fsp3) is 0.562. The van der Waals surface area contributed by atoms with Crippen LogP contribution in [0.2, 0.25) is 0 Å². The summed E-state index contributed by atoms with van der Waals surface area (Å²) in [5, 5.41) is 2.98. The van der Waals surface area contributed by atoms with Crippen LogP contribution in [0.15, 0.2) is 29.3 Å². The van der Waals surface area contributed by atoms with Crippen molar-refractivity contribution < 1.29 is 13.2 Å². The van der Waals surface area contributed by atoms with Crippen molar-refractivity contribution in [3.05, 3.63) is 29.8 Å². The summed E-state index contributed by atoms with van der Waals surface area (Å²) in [6.07, 6.45) is 3.42. The summed E-state index contributed by atoms with van der Waals surface area (Å²) in [7, 11) is -1.68. The number of hydrogen-bond acceptors (Lipinski definition) is 4. The Kier molecular flexibility index (Phi) is 7.01. The minimum Gasteiger partial charge on any atom is -0.380 e. The second-order valence-electron chi connectivity index (χ2n) is 5.95. The van der Waals surface area contributed by atoms with Gasteiger partial charge < -0.3 is 15.8 Å². The number of rotatable bonds is 9. The third-order valence-electron chi connectivity index (χ3n) is 4.04. The first-order valence-corrected chi connectivity index (χ1v) is 9.76. The average molecular weight is 354 g/mol. The molecule has 2 rings (SSSR count). The number of methoxy groups -OCH3 is 1. The van der Waals surface area contributed by atoms with Crippen LogP contribution in [0.3, 0.4) is 0 Å². The molecule has 0 radical (unpaired) electrons. The Bertz CT molecular complexity index is 657. The quantitative estimate of drug-likeness (QED) is 0.457. The van der Waals surface area contributed by atoms with E-state index in [1.54, 1.807) is 7.11 Å². The predicted molar refractivity (Wildman–Crippen MR) is 96.4 cm³/mol. The largest absolute Gasteiger partial charge is 0.380 e. The van der Waals surface area contributed by atoms with Gasteiger partial charge in [0.2, 0.25) is 10.0 Å². The zero-order valence-corrected chi connectivity index (χ0v) is 14.8. The maximum absolute atomic E-state index is 11.9. The maximum atomic E-state index is 11.9. The molecule has 24 heavy (non-hydrogen) atoms. The molecule has 8 heteroatoms. The van der Waals surface area contributed by atoms with Gasteiger partial charge in [0.1, 0.15) is 0 Å². The number of sulfonamides is 1. The number of para-hydroxylation sites is 1. The van der Waals surface area contributed by atoms with Gasteiger partial charge in [0.05, 0.1) is 18.9 Å². The summed E-state index contributed by atoms with van der Waals surface area (Å²) in [5.74, 6) is 0.613. The van der Waals surface area contributed by atoms with Gasteiger partial charge in [-0.15, -0.1) is 0 Å². The molecule has 1 fully saturated rings. The molecule has 0 unspecified atom stereocenters. The highest BCUT2D eigenvalue weighted by Gasteiger charge is 2.19. The monoisotopic (exact) mass is 354 g/mol. The summed E-state index contributed by atoms with van der Waals surface area (Å²) in [4.78, 5) is 4.09. The third-order valence-corrected chi connectivity index (χ3v) is 5.37. The molecule has 1 aromatic rings. The third kappa shape index (κ3) is 6.10. The van der Waals surface area contributed by atoms with Gasteiger partial charge >= 0.3 is 0 Å². The van der Waals surface area contributed by atoms with Crippen molar-refractivity contribution in [2.24, 2.45) is 16.6 Å². The number of anilines is 1. The predicted octanol–water partition coefficient (Wildman–Crippen LogP) is 1.28. The number of nitrogens with one attached hydrogen (secondary N) is 2. The summed E-state index contributed by atoms with van der Waals surface area (Å²) in [6, 6.07) is 7.58. The van der Waals surface area contributed by atoms with E-state index in [9.17, 15) is 8.42 Å². The lowest BCUT2D eigenvalue weighted by Crippen LogP contribution is -2.34. The second-order valence-corrected chi connectivity index (χ2v) is 7.87. The van der Waals surface area contributed by atoms with Crippen LogP contribution in [0.25, 0.3) is 0 Å². The van der Waals surface area contributed by atoms with Crippen molar-refractivity contribution in [2.75, 3.05) is 31.3 Å². The summed E-state index contributed by atoms with van der Waals surface area (Å²) in [6.45, 7) is 1.10. The van der Waals surface area contributed by atoms with E-state index in [2.05, 4.69) is 15.0 Å². The Hall–Kier alpha value is -1.64. The van der Waals surface area contributed by atoms with Crippen molar-refractivity contribution in [3.8, 4) is 0 Å². The molecule has 1 aromatic carbocycles. The lowest BCUT2D eigenvalue weighted by atomic mass is 9.86. The molecule has 0 aromatic heterocycles. The summed E-state index contributed by atoms with van der Waals surface area (Å²) in [5.41, 5.74) is 7.59. The molecule has 1 aliphatic carbocycles. The number of benzene rings is 1. The minimum atomic E-state index is -3.30. The van der Waals surface area contributed by atoms with E-state index in [-0.39, 0.29) is 18.3 Å². The standard InChI is InChI=1S/C16H26N4O3S/c1-23-12-14-7-2-3-8-15(14)20-16(17)18-9-10-24(21,22)19-11-13-5-4-6-13/h2-3,7-8,13,19H,4-6,9-12H2,1H3,(H3,17,18,20). The average Bonchev–Trinajstić information content (AvgIpc) is 2.47. The van der Waals surface area contributed by atoms with Gasteiger partial charge in [-0.25, -0.2) is 13.1 Å². The van der Waals surface area contributed by atoms with Gasteiger partial charge in [-0.2, -0.15) is 0 Å². The van der Waals surface area contributed by atoms with Crippen molar-refractivity contribution in [3.63, 3.8) is 0 Å². The van der Waals surface area contributed by atoms with Crippen molar-refractivity contribution in [1.82, 2.24) is 4.72 Å². The molecule has 1 aliphatic rings. The maximum Gasteiger partial charge on any atom is 0.213 e. The van der Waals surface area contributed by atoms with E-state index in [0.29, 0.717) is 19.1 Å². The van der Waals surface area contributed by atoms with Crippen LogP contribution < -0.4 is 15.8 Å². The lowest BCUT2D eigenvalue weighted by molar-refractivity contribution is 0.185. The zero-order valence-electron chi connectivity index (χ0n) is 14.0. The molecule has 0 spiro atoms. The van der Waals surface area contributed by atoms with E-state index < -0.39 is 10.0 Å². The van der Waals surface area contributed by atoms with E-state index in [0.717, 1.165) is 24.1 Å². The van der Waals surface area contributed by atoms with Crippen LogP contribution in [-0.2, 0) is 21.4 Å². The summed E-state index contributed by atoms with van der Waals surface area (Å²) >= 11 is 0. The smallest absolute Gasteiger partial charge is 0.213 e. The number of nitrogens with zero attached hydrogens (tertiary/aromatic N) is 1. The van der Waals surface area contributed by atoms with E-state index in [1.807, 2.05) is 24.3 Å². The zero-order chi connectivity index (χ0) is 17.4. The number of aliphatic imine (C=N–C) groups is 1. The fourth-order valence-electron chi connectivity index (χ4n) is 2.40. The molecule has 1 saturated carbocycles. The Balaban J connectivity index is 1.80. The highest BCUT2D eigenvalue weighted by atomic mass is 32.2. The minimum absolute atomic E-state index is 0.0676. The molecule has 0 amide bonds. The highest BCUT2D eigenvalue weighted by Crippen LogP contribution is 2.25. The van der Waals surface area contributed by atoms with Crippen molar-refractivity contribution in [2.45, 2.75) is 25.9 Å². The molecular formula is C16H26N4O3S. The number of ether oxygens (including phenoxy) is 1. The van der Waals surface area contributed by atoms with E-state index in [4.69, 9.17) is 10.5 Å². The number of nitrogens with two attached hydrogens (primary N) is 1. The number of hydrogen-bond donors (Lipinski definition) is 3. The van der Waals surface area contributed by atoms with Gasteiger partial charge in [-0.05, 0) is 24.8 Å². The van der Waals surface area contributed by atoms with Crippen molar-refractivity contribution >= 4 is 21.7 Å². The molecule has 0 aliphatic heterocycles. The van der Waals surface area contributed by atoms with E-state index >= 15 is 0 Å². The summed E-state index contributed by atoms with van der Waals surface area (Å²) < 4.78 is 31.6. The Morgan fingerprint density at radius 2 is 2.12 bits per heavy atom. The van der Waals surface area contributed by atoms with Crippen LogP contribution in [0.5, 0.6) is 0 Å². The van der Waals surface area contributed by atoms with Crippen molar-refractivity contribution in [1.29, 1.82) is 0 Å². The molecule has 0 bridgehead atoms. The van der Waals surface area contributed by atoms with Crippen LogP contribution in [0.1, 0.15) is 24.8 Å². The molecule has 4 N–H and O–H groups in total. The molecule has 0 saturated heterocycles. The van der Waals surface area contributed by atoms with Crippen LogP contribution >= 0.6 is 0 Å². The fourth-order valence-corrected chi connectivity index (χ4v) is 3.37. The first kappa shape index (κ1) is 18.7.